The van der Waals surface area contributed by atoms with Crippen LogP contribution in [0.3, 0.4) is 0 Å². The molecule has 0 saturated heterocycles. The molecule has 2 nitrogen and oxygen atoms in total. The molecular weight excluding hydrogens is 340 g/mol. The third-order valence-electron chi connectivity index (χ3n) is 4.88. The van der Waals surface area contributed by atoms with Crippen LogP contribution in [0.5, 0.6) is 5.75 Å². The van der Waals surface area contributed by atoms with E-state index >= 15 is 0 Å². The number of benzene rings is 1. The van der Waals surface area contributed by atoms with E-state index in [2.05, 4.69) is 44.4 Å². The summed E-state index contributed by atoms with van der Waals surface area (Å²) in [6.07, 6.45) is 3.43. The van der Waals surface area contributed by atoms with Crippen LogP contribution in [0.4, 0.5) is 0 Å². The van der Waals surface area contributed by atoms with Gasteiger partial charge in [0.15, 0.2) is 5.78 Å². The van der Waals surface area contributed by atoms with Gasteiger partial charge in [0, 0.05) is 10.3 Å². The molecule has 1 aromatic heterocycles. The summed E-state index contributed by atoms with van der Waals surface area (Å²) in [4.78, 5) is 13.5. The standard InChI is InChI=1S/C23H32O2S/c1-7-18(8-10-20-12-16(2)15-26-20)19-9-11-21(17(3)13-19)25-14-22(24)23(4,5)6/h9,11-13,15,18H,7-8,10,14H2,1-6H3. The topological polar surface area (TPSA) is 26.3 Å². The fourth-order valence-corrected chi connectivity index (χ4v) is 3.89. The third-order valence-corrected chi connectivity index (χ3v) is 6.00. The minimum atomic E-state index is -0.360. The molecule has 0 amide bonds. The minimum absolute atomic E-state index is 0.124. The largest absolute Gasteiger partial charge is 0.486 e. The lowest BCUT2D eigenvalue weighted by Crippen LogP contribution is -2.26. The molecule has 0 aliphatic rings. The third kappa shape index (κ3) is 5.70. The molecule has 26 heavy (non-hydrogen) atoms. The predicted octanol–water partition coefficient (Wildman–Crippen LogP) is 6.49. The first-order valence-electron chi connectivity index (χ1n) is 9.51. The Kier molecular flexibility index (Phi) is 7.05. The molecule has 1 heterocycles. The second kappa shape index (κ2) is 8.85. The highest BCUT2D eigenvalue weighted by atomic mass is 32.1. The molecule has 0 saturated carbocycles. The Morgan fingerprint density at radius 3 is 2.46 bits per heavy atom. The summed E-state index contributed by atoms with van der Waals surface area (Å²) in [5.41, 5.74) is 3.48. The molecule has 2 aromatic rings. The number of thiophene rings is 1. The lowest BCUT2D eigenvalue weighted by molar-refractivity contribution is -0.128. The average molecular weight is 373 g/mol. The van der Waals surface area contributed by atoms with Gasteiger partial charge in [0.05, 0.1) is 0 Å². The van der Waals surface area contributed by atoms with Gasteiger partial charge in [-0.1, -0.05) is 39.8 Å². The van der Waals surface area contributed by atoms with Crippen LogP contribution < -0.4 is 4.74 Å². The quantitative estimate of drug-likeness (QED) is 0.529. The average Bonchev–Trinajstić information content (AvgIpc) is 2.98. The molecule has 142 valence electrons. The van der Waals surface area contributed by atoms with E-state index < -0.39 is 0 Å². The first-order chi connectivity index (χ1) is 12.2. The van der Waals surface area contributed by atoms with Crippen LogP contribution in [-0.4, -0.2) is 12.4 Å². The van der Waals surface area contributed by atoms with Crippen LogP contribution in [0.1, 0.15) is 68.0 Å². The normalized spacial score (nSPS) is 12.8. The van der Waals surface area contributed by atoms with Crippen molar-refractivity contribution in [1.82, 2.24) is 0 Å². The van der Waals surface area contributed by atoms with Gasteiger partial charge >= 0.3 is 0 Å². The number of Topliss-reactive ketones (excluding diaryl/α,β-unsaturated/α-hetero) is 1. The van der Waals surface area contributed by atoms with E-state index in [-0.39, 0.29) is 17.8 Å². The van der Waals surface area contributed by atoms with Crippen molar-refractivity contribution in [3.63, 3.8) is 0 Å². The maximum Gasteiger partial charge on any atom is 0.175 e. The summed E-state index contributed by atoms with van der Waals surface area (Å²) in [7, 11) is 0. The molecule has 1 unspecified atom stereocenters. The number of rotatable bonds is 8. The maximum absolute atomic E-state index is 12.1. The number of carbonyl (C=O) groups is 1. The Balaban J connectivity index is 2.00. The van der Waals surface area contributed by atoms with Crippen molar-refractivity contribution in [2.24, 2.45) is 5.41 Å². The van der Waals surface area contributed by atoms with Crippen molar-refractivity contribution in [1.29, 1.82) is 0 Å². The first kappa shape index (κ1) is 20.7. The van der Waals surface area contributed by atoms with Gasteiger partial charge in [-0.05, 0) is 73.2 Å². The van der Waals surface area contributed by atoms with E-state index in [1.807, 2.05) is 38.2 Å². The van der Waals surface area contributed by atoms with Crippen molar-refractivity contribution in [3.8, 4) is 5.75 Å². The second-order valence-corrected chi connectivity index (χ2v) is 9.22. The number of ether oxygens (including phenoxy) is 1. The van der Waals surface area contributed by atoms with Crippen molar-refractivity contribution >= 4 is 17.1 Å². The van der Waals surface area contributed by atoms with E-state index in [0.29, 0.717) is 5.92 Å². The SMILES string of the molecule is CCC(CCc1cc(C)cs1)c1ccc(OCC(=O)C(C)(C)C)c(C)c1. The van der Waals surface area contributed by atoms with Crippen LogP contribution in [-0.2, 0) is 11.2 Å². The summed E-state index contributed by atoms with van der Waals surface area (Å²) in [5, 5.41) is 2.23. The van der Waals surface area contributed by atoms with Crippen molar-refractivity contribution in [2.45, 2.75) is 66.7 Å². The van der Waals surface area contributed by atoms with Gasteiger partial charge in [-0.15, -0.1) is 11.3 Å². The smallest absolute Gasteiger partial charge is 0.175 e. The van der Waals surface area contributed by atoms with Crippen molar-refractivity contribution < 1.29 is 9.53 Å². The molecule has 0 bridgehead atoms. The van der Waals surface area contributed by atoms with Gasteiger partial charge in [-0.3, -0.25) is 4.79 Å². The maximum atomic E-state index is 12.1. The number of ketones is 1. The van der Waals surface area contributed by atoms with Gasteiger partial charge in [0.2, 0.25) is 0 Å². The van der Waals surface area contributed by atoms with Crippen LogP contribution in [0, 0.1) is 19.3 Å². The molecule has 0 radical (unpaired) electrons. The highest BCUT2D eigenvalue weighted by Crippen LogP contribution is 2.30. The number of carbonyl (C=O) groups excluding carboxylic acids is 1. The van der Waals surface area contributed by atoms with Crippen molar-refractivity contribution in [2.75, 3.05) is 6.61 Å². The zero-order valence-corrected chi connectivity index (χ0v) is 17.8. The first-order valence-corrected chi connectivity index (χ1v) is 10.4. The molecule has 0 spiro atoms. The Bertz CT molecular complexity index is 737. The monoisotopic (exact) mass is 372 g/mol. The Morgan fingerprint density at radius 1 is 1.19 bits per heavy atom. The Morgan fingerprint density at radius 2 is 1.92 bits per heavy atom. The van der Waals surface area contributed by atoms with E-state index in [0.717, 1.165) is 24.2 Å². The van der Waals surface area contributed by atoms with Crippen molar-refractivity contribution in [3.05, 3.63) is 51.2 Å². The predicted molar refractivity (Wildman–Crippen MR) is 112 cm³/mol. The molecule has 0 fully saturated rings. The second-order valence-electron chi connectivity index (χ2n) is 8.22. The molecule has 0 N–H and O–H groups in total. The van der Waals surface area contributed by atoms with Crippen LogP contribution in [0.25, 0.3) is 0 Å². The molecule has 3 heteroatoms. The molecule has 0 aliphatic heterocycles. The summed E-state index contributed by atoms with van der Waals surface area (Å²) < 4.78 is 5.78. The molecular formula is C23H32O2S. The van der Waals surface area contributed by atoms with E-state index in [9.17, 15) is 4.79 Å². The van der Waals surface area contributed by atoms with E-state index in [1.54, 1.807) is 0 Å². The van der Waals surface area contributed by atoms with Crippen LogP contribution in [0.15, 0.2) is 29.6 Å². The van der Waals surface area contributed by atoms with Gasteiger partial charge in [0.25, 0.3) is 0 Å². The van der Waals surface area contributed by atoms with Gasteiger partial charge in [0.1, 0.15) is 12.4 Å². The number of aryl methyl sites for hydroxylation is 3. The van der Waals surface area contributed by atoms with Crippen LogP contribution >= 0.6 is 11.3 Å². The fraction of sp³-hybridized carbons (Fsp3) is 0.522. The summed E-state index contributed by atoms with van der Waals surface area (Å²) in [6, 6.07) is 8.72. The zero-order valence-electron chi connectivity index (χ0n) is 17.0. The number of hydrogen-bond donors (Lipinski definition) is 0. The molecule has 2 rings (SSSR count). The molecule has 0 aliphatic carbocycles. The lowest BCUT2D eigenvalue weighted by atomic mass is 9.90. The minimum Gasteiger partial charge on any atom is -0.486 e. The zero-order chi connectivity index (χ0) is 19.3. The summed E-state index contributed by atoms with van der Waals surface area (Å²) in [6.45, 7) is 12.4. The van der Waals surface area contributed by atoms with Gasteiger partial charge in [-0.25, -0.2) is 0 Å². The summed E-state index contributed by atoms with van der Waals surface area (Å²) >= 11 is 1.86. The van der Waals surface area contributed by atoms with Gasteiger partial charge in [-0.2, -0.15) is 0 Å². The Labute approximate surface area is 162 Å². The molecule has 1 atom stereocenters. The Hall–Kier alpha value is -1.61. The highest BCUT2D eigenvalue weighted by Gasteiger charge is 2.22. The van der Waals surface area contributed by atoms with Crippen LogP contribution in [0.2, 0.25) is 0 Å². The van der Waals surface area contributed by atoms with Gasteiger partial charge < -0.3 is 4.74 Å². The fourth-order valence-electron chi connectivity index (χ4n) is 2.99. The lowest BCUT2D eigenvalue weighted by Gasteiger charge is -2.19. The van der Waals surface area contributed by atoms with E-state index in [4.69, 9.17) is 4.74 Å². The van der Waals surface area contributed by atoms with E-state index in [1.165, 1.54) is 22.4 Å². The number of hydrogen-bond acceptors (Lipinski definition) is 3. The summed E-state index contributed by atoms with van der Waals surface area (Å²) in [5.74, 6) is 1.50. The molecule has 1 aromatic carbocycles. The highest BCUT2D eigenvalue weighted by molar-refractivity contribution is 7.10.